The third kappa shape index (κ3) is 4.08. The summed E-state index contributed by atoms with van der Waals surface area (Å²) >= 11 is 3.42. The van der Waals surface area contributed by atoms with Crippen molar-refractivity contribution >= 4 is 27.5 Å². The van der Waals surface area contributed by atoms with Gasteiger partial charge < -0.3 is 15.8 Å². The number of nitrogens with two attached hydrogens (primary N) is 1. The number of halogens is 1. The zero-order valence-corrected chi connectivity index (χ0v) is 12.5. The third-order valence-electron chi connectivity index (χ3n) is 2.72. The van der Waals surface area contributed by atoms with E-state index in [0.29, 0.717) is 13.0 Å². The molecular weight excluding hydrogens is 296 g/mol. The number of methoxy groups -OCH3 is 1. The second-order valence-electron chi connectivity index (χ2n) is 4.29. The Balaban J connectivity index is 2.76. The number of aryl methyl sites for hydroxylation is 2. The minimum atomic E-state index is -0.549. The molecule has 100 valence electrons. The number of rotatable bonds is 5. The first-order valence-corrected chi connectivity index (χ1v) is 6.57. The molecule has 0 aliphatic carbocycles. The maximum atomic E-state index is 11.9. The number of hydrogen-bond donors (Lipinski definition) is 2. The molecule has 0 spiro atoms. The summed E-state index contributed by atoms with van der Waals surface area (Å²) in [5, 5.41) is 2.87. The second kappa shape index (κ2) is 6.87. The maximum absolute atomic E-state index is 11.9. The Hall–Kier alpha value is -0.910. The van der Waals surface area contributed by atoms with Gasteiger partial charge in [-0.05, 0) is 43.5 Å². The lowest BCUT2D eigenvalue weighted by Gasteiger charge is -2.15. The number of nitrogens with one attached hydrogen (secondary N) is 1. The summed E-state index contributed by atoms with van der Waals surface area (Å²) < 4.78 is 5.91. The molecule has 1 unspecified atom stereocenters. The van der Waals surface area contributed by atoms with Gasteiger partial charge in [0.05, 0.1) is 6.04 Å². The van der Waals surface area contributed by atoms with Crippen LogP contribution in [0.25, 0.3) is 0 Å². The maximum Gasteiger partial charge on any atom is 0.241 e. The molecule has 18 heavy (non-hydrogen) atoms. The Bertz CT molecular complexity index is 412. The van der Waals surface area contributed by atoms with E-state index < -0.39 is 6.04 Å². The van der Waals surface area contributed by atoms with Crippen molar-refractivity contribution in [1.82, 2.24) is 0 Å². The summed E-state index contributed by atoms with van der Waals surface area (Å²) in [6.07, 6.45) is 0.511. The van der Waals surface area contributed by atoms with Crippen LogP contribution in [0.4, 0.5) is 5.69 Å². The standard InChI is InChI=1S/C13H19BrN2O2/c1-8-6-10(14)7-9(2)12(8)16-13(17)11(15)4-5-18-3/h6-7,11H,4-5,15H2,1-3H3,(H,16,17). The fourth-order valence-corrected chi connectivity index (χ4v) is 2.39. The van der Waals surface area contributed by atoms with Crippen LogP contribution in [0.5, 0.6) is 0 Å². The van der Waals surface area contributed by atoms with Gasteiger partial charge in [-0.1, -0.05) is 15.9 Å². The van der Waals surface area contributed by atoms with Crippen LogP contribution in [-0.4, -0.2) is 25.7 Å². The summed E-state index contributed by atoms with van der Waals surface area (Å²) in [4.78, 5) is 11.9. The van der Waals surface area contributed by atoms with Crippen LogP contribution in [0.1, 0.15) is 17.5 Å². The average Bonchev–Trinajstić information content (AvgIpc) is 2.30. The van der Waals surface area contributed by atoms with Gasteiger partial charge in [-0.25, -0.2) is 0 Å². The van der Waals surface area contributed by atoms with Crippen LogP contribution in [0, 0.1) is 13.8 Å². The Kier molecular flexibility index (Phi) is 5.78. The molecule has 0 radical (unpaired) electrons. The molecule has 4 nitrogen and oxygen atoms in total. The Labute approximate surface area is 116 Å². The molecule has 1 aromatic rings. The fourth-order valence-electron chi connectivity index (χ4n) is 1.70. The van der Waals surface area contributed by atoms with Crippen LogP contribution in [0.15, 0.2) is 16.6 Å². The third-order valence-corrected chi connectivity index (χ3v) is 3.17. The van der Waals surface area contributed by atoms with Crippen molar-refractivity contribution in [2.24, 2.45) is 5.73 Å². The molecule has 0 fully saturated rings. The zero-order valence-electron chi connectivity index (χ0n) is 10.9. The van der Waals surface area contributed by atoms with E-state index in [2.05, 4.69) is 21.2 Å². The summed E-state index contributed by atoms with van der Waals surface area (Å²) in [5.41, 5.74) is 8.63. The fraction of sp³-hybridized carbons (Fsp3) is 0.462. The SMILES string of the molecule is COCCC(N)C(=O)Nc1c(C)cc(Br)cc1C. The molecule has 0 aromatic heterocycles. The van der Waals surface area contributed by atoms with Crippen molar-refractivity contribution in [1.29, 1.82) is 0 Å². The van der Waals surface area contributed by atoms with Gasteiger partial charge in [-0.15, -0.1) is 0 Å². The molecule has 1 atom stereocenters. The van der Waals surface area contributed by atoms with Gasteiger partial charge in [0.25, 0.3) is 0 Å². The monoisotopic (exact) mass is 314 g/mol. The van der Waals surface area contributed by atoms with E-state index in [4.69, 9.17) is 10.5 Å². The molecule has 0 saturated heterocycles. The molecule has 0 bridgehead atoms. The smallest absolute Gasteiger partial charge is 0.241 e. The zero-order chi connectivity index (χ0) is 13.7. The number of amides is 1. The quantitative estimate of drug-likeness (QED) is 0.877. The number of anilines is 1. The number of hydrogen-bond acceptors (Lipinski definition) is 3. The van der Waals surface area contributed by atoms with Crippen LogP contribution in [0.3, 0.4) is 0 Å². The van der Waals surface area contributed by atoms with Gasteiger partial charge in [0.1, 0.15) is 0 Å². The predicted molar refractivity (Wildman–Crippen MR) is 76.7 cm³/mol. The molecule has 1 amide bonds. The predicted octanol–water partition coefficient (Wildman–Crippen LogP) is 2.37. The van der Waals surface area contributed by atoms with E-state index in [9.17, 15) is 4.79 Å². The molecule has 3 N–H and O–H groups in total. The molecule has 0 heterocycles. The van der Waals surface area contributed by atoms with E-state index in [1.807, 2.05) is 26.0 Å². The normalized spacial score (nSPS) is 12.3. The highest BCUT2D eigenvalue weighted by molar-refractivity contribution is 9.10. The minimum Gasteiger partial charge on any atom is -0.385 e. The van der Waals surface area contributed by atoms with Crippen molar-refractivity contribution in [3.05, 3.63) is 27.7 Å². The first-order valence-electron chi connectivity index (χ1n) is 5.77. The lowest BCUT2D eigenvalue weighted by atomic mass is 10.1. The van der Waals surface area contributed by atoms with Gasteiger partial charge in [0.2, 0.25) is 5.91 Å². The van der Waals surface area contributed by atoms with Gasteiger partial charge in [0.15, 0.2) is 0 Å². The molecule has 0 saturated carbocycles. The molecule has 0 aliphatic heterocycles. The lowest BCUT2D eigenvalue weighted by Crippen LogP contribution is -2.36. The number of carbonyl (C=O) groups excluding carboxylic acids is 1. The van der Waals surface area contributed by atoms with Crippen molar-refractivity contribution in [2.75, 3.05) is 19.0 Å². The van der Waals surface area contributed by atoms with Gasteiger partial charge in [0, 0.05) is 23.9 Å². The van der Waals surface area contributed by atoms with Gasteiger partial charge in [-0.3, -0.25) is 4.79 Å². The first kappa shape index (κ1) is 15.1. The van der Waals surface area contributed by atoms with E-state index in [1.165, 1.54) is 0 Å². The second-order valence-corrected chi connectivity index (χ2v) is 5.21. The van der Waals surface area contributed by atoms with Crippen LogP contribution < -0.4 is 11.1 Å². The summed E-state index contributed by atoms with van der Waals surface area (Å²) in [7, 11) is 1.59. The van der Waals surface area contributed by atoms with Crippen LogP contribution in [-0.2, 0) is 9.53 Å². The van der Waals surface area contributed by atoms with Crippen molar-refractivity contribution < 1.29 is 9.53 Å². The van der Waals surface area contributed by atoms with Gasteiger partial charge >= 0.3 is 0 Å². The summed E-state index contributed by atoms with van der Waals surface area (Å²) in [5.74, 6) is -0.180. The van der Waals surface area contributed by atoms with E-state index >= 15 is 0 Å². The number of benzene rings is 1. The summed E-state index contributed by atoms with van der Waals surface area (Å²) in [6, 6.07) is 3.37. The van der Waals surface area contributed by atoms with Crippen molar-refractivity contribution in [2.45, 2.75) is 26.3 Å². The highest BCUT2D eigenvalue weighted by Crippen LogP contribution is 2.25. The van der Waals surface area contributed by atoms with Crippen molar-refractivity contribution in [3.8, 4) is 0 Å². The van der Waals surface area contributed by atoms with E-state index in [-0.39, 0.29) is 5.91 Å². The topological polar surface area (TPSA) is 64.3 Å². The highest BCUT2D eigenvalue weighted by Gasteiger charge is 2.15. The first-order chi connectivity index (χ1) is 8.45. The Morgan fingerprint density at radius 1 is 1.44 bits per heavy atom. The average molecular weight is 315 g/mol. The molecule has 1 rings (SSSR count). The highest BCUT2D eigenvalue weighted by atomic mass is 79.9. The van der Waals surface area contributed by atoms with Crippen LogP contribution in [0.2, 0.25) is 0 Å². The number of ether oxygens (including phenoxy) is 1. The largest absolute Gasteiger partial charge is 0.385 e. The Morgan fingerprint density at radius 2 is 2.00 bits per heavy atom. The van der Waals surface area contributed by atoms with Crippen LogP contribution >= 0.6 is 15.9 Å². The Morgan fingerprint density at radius 3 is 2.50 bits per heavy atom. The van der Waals surface area contributed by atoms with E-state index in [1.54, 1.807) is 7.11 Å². The minimum absolute atomic E-state index is 0.180. The molecule has 5 heteroatoms. The van der Waals surface area contributed by atoms with Crippen molar-refractivity contribution in [3.63, 3.8) is 0 Å². The van der Waals surface area contributed by atoms with E-state index in [0.717, 1.165) is 21.3 Å². The molecule has 0 aliphatic rings. The van der Waals surface area contributed by atoms with Gasteiger partial charge in [-0.2, -0.15) is 0 Å². The number of carbonyl (C=O) groups is 1. The molecule has 1 aromatic carbocycles. The summed E-state index contributed by atoms with van der Waals surface area (Å²) in [6.45, 7) is 4.38. The molecular formula is C13H19BrN2O2. The lowest BCUT2D eigenvalue weighted by molar-refractivity contribution is -0.117.